The molecule has 1 aromatic heterocycles. The van der Waals surface area contributed by atoms with E-state index in [9.17, 15) is 9.59 Å². The summed E-state index contributed by atoms with van der Waals surface area (Å²) >= 11 is 0. The molecule has 2 aromatic rings. The molecule has 1 atom stereocenters. The summed E-state index contributed by atoms with van der Waals surface area (Å²) in [6, 6.07) is 13.2. The number of amides is 1. The second kappa shape index (κ2) is 10.2. The van der Waals surface area contributed by atoms with Crippen LogP contribution in [0.3, 0.4) is 0 Å². The Kier molecular flexibility index (Phi) is 7.43. The van der Waals surface area contributed by atoms with E-state index in [0.29, 0.717) is 31.4 Å². The zero-order valence-corrected chi connectivity index (χ0v) is 16.6. The molecule has 5 heteroatoms. The standard InChI is InChI=1S/C23H30N2O3/c1-18-12-14-25(15-13-18)20(22-10-6-16-28-22)17-24-23(27)11-5-9-21(26)19-7-3-2-4-8-19/h2-4,6-8,10,16,18,20H,5,9,11-15,17H2,1H3,(H,24,27). The summed E-state index contributed by atoms with van der Waals surface area (Å²) in [6.45, 7) is 4.87. The third kappa shape index (κ3) is 5.80. The van der Waals surface area contributed by atoms with E-state index in [2.05, 4.69) is 17.1 Å². The highest BCUT2D eigenvalue weighted by molar-refractivity contribution is 5.96. The van der Waals surface area contributed by atoms with Gasteiger partial charge >= 0.3 is 0 Å². The molecule has 1 saturated heterocycles. The van der Waals surface area contributed by atoms with Crippen LogP contribution in [0.5, 0.6) is 0 Å². The van der Waals surface area contributed by atoms with Crippen molar-refractivity contribution in [2.45, 2.75) is 45.1 Å². The van der Waals surface area contributed by atoms with Crippen molar-refractivity contribution in [1.29, 1.82) is 0 Å². The molecule has 0 radical (unpaired) electrons. The molecule has 1 aromatic carbocycles. The first kappa shape index (κ1) is 20.3. The fourth-order valence-electron chi connectivity index (χ4n) is 3.71. The van der Waals surface area contributed by atoms with Crippen molar-refractivity contribution < 1.29 is 14.0 Å². The maximum absolute atomic E-state index is 12.3. The minimum absolute atomic E-state index is 0.0113. The average molecular weight is 383 g/mol. The normalized spacial score (nSPS) is 16.6. The number of hydrogen-bond donors (Lipinski definition) is 1. The lowest BCUT2D eigenvalue weighted by molar-refractivity contribution is -0.121. The Morgan fingerprint density at radius 2 is 1.86 bits per heavy atom. The van der Waals surface area contributed by atoms with E-state index >= 15 is 0 Å². The van der Waals surface area contributed by atoms with Crippen molar-refractivity contribution in [3.05, 3.63) is 60.1 Å². The van der Waals surface area contributed by atoms with Crippen molar-refractivity contribution in [2.75, 3.05) is 19.6 Å². The summed E-state index contributed by atoms with van der Waals surface area (Å²) < 4.78 is 5.63. The summed E-state index contributed by atoms with van der Waals surface area (Å²) in [5.74, 6) is 1.73. The molecule has 1 N–H and O–H groups in total. The van der Waals surface area contributed by atoms with Crippen molar-refractivity contribution in [3.63, 3.8) is 0 Å². The highest BCUT2D eigenvalue weighted by atomic mass is 16.3. The lowest BCUT2D eigenvalue weighted by Gasteiger charge is -2.35. The number of Topliss-reactive ketones (excluding diaryl/α,β-unsaturated/α-hetero) is 1. The van der Waals surface area contributed by atoms with Gasteiger partial charge in [0, 0.05) is 24.9 Å². The fraction of sp³-hybridized carbons (Fsp3) is 0.478. The number of furan rings is 1. The summed E-state index contributed by atoms with van der Waals surface area (Å²) in [5, 5.41) is 3.04. The van der Waals surface area contributed by atoms with Crippen LogP contribution >= 0.6 is 0 Å². The Labute approximate surface area is 167 Å². The molecule has 1 aliphatic heterocycles. The van der Waals surface area contributed by atoms with E-state index in [-0.39, 0.29) is 17.7 Å². The summed E-state index contributed by atoms with van der Waals surface area (Å²) in [5.41, 5.74) is 0.708. The van der Waals surface area contributed by atoms with Gasteiger partial charge in [0.2, 0.25) is 5.91 Å². The van der Waals surface area contributed by atoms with Gasteiger partial charge in [0.1, 0.15) is 5.76 Å². The van der Waals surface area contributed by atoms with Gasteiger partial charge in [-0.15, -0.1) is 0 Å². The molecule has 5 nitrogen and oxygen atoms in total. The molecule has 3 rings (SSSR count). The highest BCUT2D eigenvalue weighted by Crippen LogP contribution is 2.26. The molecule has 1 amide bonds. The van der Waals surface area contributed by atoms with Crippen LogP contribution < -0.4 is 5.32 Å². The maximum Gasteiger partial charge on any atom is 0.220 e. The molecule has 28 heavy (non-hydrogen) atoms. The predicted molar refractivity (Wildman–Crippen MR) is 109 cm³/mol. The van der Waals surface area contributed by atoms with Crippen molar-refractivity contribution in [3.8, 4) is 0 Å². The van der Waals surface area contributed by atoms with Gasteiger partial charge in [-0.25, -0.2) is 0 Å². The summed E-state index contributed by atoms with van der Waals surface area (Å²) in [6.07, 6.45) is 5.35. The van der Waals surface area contributed by atoms with Crippen molar-refractivity contribution >= 4 is 11.7 Å². The van der Waals surface area contributed by atoms with Crippen LogP contribution in [0.2, 0.25) is 0 Å². The molecule has 0 spiro atoms. The molecule has 1 aliphatic rings. The number of hydrogen-bond acceptors (Lipinski definition) is 4. The minimum Gasteiger partial charge on any atom is -0.468 e. The first-order valence-electron chi connectivity index (χ1n) is 10.3. The Hall–Kier alpha value is -2.40. The van der Waals surface area contributed by atoms with Gasteiger partial charge in [-0.1, -0.05) is 37.3 Å². The largest absolute Gasteiger partial charge is 0.468 e. The Morgan fingerprint density at radius 3 is 2.54 bits per heavy atom. The number of likely N-dealkylation sites (tertiary alicyclic amines) is 1. The van der Waals surface area contributed by atoms with Crippen LogP contribution in [0, 0.1) is 5.92 Å². The first-order valence-corrected chi connectivity index (χ1v) is 10.3. The number of piperidine rings is 1. The van der Waals surface area contributed by atoms with Crippen LogP contribution in [0.25, 0.3) is 0 Å². The smallest absolute Gasteiger partial charge is 0.220 e. The van der Waals surface area contributed by atoms with Gasteiger partial charge < -0.3 is 9.73 Å². The molecule has 1 unspecified atom stereocenters. The Morgan fingerprint density at radius 1 is 1.11 bits per heavy atom. The quantitative estimate of drug-likeness (QED) is 0.660. The van der Waals surface area contributed by atoms with E-state index in [1.807, 2.05) is 42.5 Å². The number of nitrogens with zero attached hydrogens (tertiary/aromatic N) is 1. The van der Waals surface area contributed by atoms with E-state index < -0.39 is 0 Å². The lowest BCUT2D eigenvalue weighted by Crippen LogP contribution is -2.41. The van der Waals surface area contributed by atoms with Gasteiger partial charge in [0.25, 0.3) is 0 Å². The molecule has 0 aliphatic carbocycles. The van der Waals surface area contributed by atoms with Crippen LogP contribution in [-0.2, 0) is 4.79 Å². The Balaban J connectivity index is 1.45. The van der Waals surface area contributed by atoms with Gasteiger partial charge in [0.15, 0.2) is 5.78 Å². The molecule has 2 heterocycles. The fourth-order valence-corrected chi connectivity index (χ4v) is 3.71. The number of nitrogens with one attached hydrogen (secondary N) is 1. The summed E-state index contributed by atoms with van der Waals surface area (Å²) in [7, 11) is 0. The summed E-state index contributed by atoms with van der Waals surface area (Å²) in [4.78, 5) is 26.8. The zero-order chi connectivity index (χ0) is 19.8. The molecule has 0 saturated carbocycles. The number of carbonyl (C=O) groups excluding carboxylic acids is 2. The number of benzene rings is 1. The molecule has 0 bridgehead atoms. The zero-order valence-electron chi connectivity index (χ0n) is 16.6. The topological polar surface area (TPSA) is 62.6 Å². The van der Waals surface area contributed by atoms with Gasteiger partial charge in [0.05, 0.1) is 12.3 Å². The SMILES string of the molecule is CC1CCN(C(CNC(=O)CCCC(=O)c2ccccc2)c2ccco2)CC1. The molecule has 1 fully saturated rings. The van der Waals surface area contributed by atoms with Crippen LogP contribution in [0.4, 0.5) is 0 Å². The number of carbonyl (C=O) groups is 2. The third-order valence-corrected chi connectivity index (χ3v) is 5.53. The second-order valence-electron chi connectivity index (χ2n) is 7.70. The predicted octanol–water partition coefficient (Wildman–Crippen LogP) is 4.22. The van der Waals surface area contributed by atoms with Gasteiger partial charge in [-0.05, 0) is 50.4 Å². The van der Waals surface area contributed by atoms with Crippen LogP contribution in [0.1, 0.15) is 61.2 Å². The average Bonchev–Trinajstić information content (AvgIpc) is 3.24. The molecular weight excluding hydrogens is 352 g/mol. The Bertz CT molecular complexity index is 734. The monoisotopic (exact) mass is 382 g/mol. The lowest BCUT2D eigenvalue weighted by atomic mass is 9.97. The molecule has 150 valence electrons. The van der Waals surface area contributed by atoms with E-state index in [4.69, 9.17) is 4.42 Å². The maximum atomic E-state index is 12.3. The van der Waals surface area contributed by atoms with Gasteiger partial charge in [-0.2, -0.15) is 0 Å². The van der Waals surface area contributed by atoms with E-state index in [1.165, 1.54) is 12.8 Å². The van der Waals surface area contributed by atoms with Crippen molar-refractivity contribution in [1.82, 2.24) is 10.2 Å². The molecular formula is C23H30N2O3. The van der Waals surface area contributed by atoms with Crippen LogP contribution in [-0.4, -0.2) is 36.2 Å². The first-order chi connectivity index (χ1) is 13.6. The minimum atomic E-state index is -0.0113. The van der Waals surface area contributed by atoms with Crippen LogP contribution in [0.15, 0.2) is 53.1 Å². The number of rotatable bonds is 9. The van der Waals surface area contributed by atoms with Gasteiger partial charge in [-0.3, -0.25) is 14.5 Å². The number of ketones is 1. The second-order valence-corrected chi connectivity index (χ2v) is 7.70. The highest BCUT2D eigenvalue weighted by Gasteiger charge is 2.26. The van der Waals surface area contributed by atoms with Crippen molar-refractivity contribution in [2.24, 2.45) is 5.92 Å². The van der Waals surface area contributed by atoms with E-state index in [0.717, 1.165) is 24.8 Å². The third-order valence-electron chi connectivity index (χ3n) is 5.53. The van der Waals surface area contributed by atoms with E-state index in [1.54, 1.807) is 6.26 Å².